The van der Waals surface area contributed by atoms with Crippen LogP contribution in [0.25, 0.3) is 0 Å². The molecule has 1 amide bonds. The van der Waals surface area contributed by atoms with Crippen LogP contribution >= 0.6 is 0 Å². The summed E-state index contributed by atoms with van der Waals surface area (Å²) in [5, 5.41) is 15.3. The maximum Gasteiger partial charge on any atom is 0.337 e. The Labute approximate surface area is 142 Å². The van der Waals surface area contributed by atoms with Crippen molar-refractivity contribution in [2.24, 2.45) is 0 Å². The summed E-state index contributed by atoms with van der Waals surface area (Å²) >= 11 is 0. The van der Waals surface area contributed by atoms with Crippen LogP contribution in [-0.2, 0) is 13.0 Å². The van der Waals surface area contributed by atoms with Gasteiger partial charge in [0.2, 0.25) is 5.89 Å². The molecule has 0 saturated carbocycles. The number of rotatable bonds is 6. The fraction of sp³-hybridized carbons (Fsp3) is 0.118. The smallest absolute Gasteiger partial charge is 0.337 e. The van der Waals surface area contributed by atoms with Crippen molar-refractivity contribution >= 4 is 11.9 Å². The Kier molecular flexibility index (Phi) is 4.79. The number of carbonyl (C=O) groups is 2. The number of pyridine rings is 1. The highest BCUT2D eigenvalue weighted by Crippen LogP contribution is 2.07. The minimum absolute atomic E-state index is 0.0130. The standard InChI is InChI=1S/C17H14N4O4/c22-16(13-7-6-12(9-18-13)17(23)24)19-10-15-20-14(21-25-15)8-11-4-2-1-3-5-11/h1-7,9H,8,10H2,(H,19,22)(H,23,24). The van der Waals surface area contributed by atoms with E-state index in [0.29, 0.717) is 12.2 Å². The molecule has 0 radical (unpaired) electrons. The molecule has 0 fully saturated rings. The molecule has 0 bridgehead atoms. The summed E-state index contributed by atoms with van der Waals surface area (Å²) in [5.74, 6) is -0.753. The maximum atomic E-state index is 12.0. The highest BCUT2D eigenvalue weighted by atomic mass is 16.5. The van der Waals surface area contributed by atoms with Gasteiger partial charge in [0.15, 0.2) is 5.82 Å². The quantitative estimate of drug-likeness (QED) is 0.702. The van der Waals surface area contributed by atoms with E-state index in [4.69, 9.17) is 9.63 Å². The second kappa shape index (κ2) is 7.35. The van der Waals surface area contributed by atoms with Gasteiger partial charge in [0, 0.05) is 12.6 Å². The molecule has 0 aliphatic rings. The van der Waals surface area contributed by atoms with Gasteiger partial charge in [-0.1, -0.05) is 35.5 Å². The molecule has 8 heteroatoms. The lowest BCUT2D eigenvalue weighted by Gasteiger charge is -2.01. The van der Waals surface area contributed by atoms with Crippen LogP contribution < -0.4 is 5.32 Å². The van der Waals surface area contributed by atoms with Gasteiger partial charge in [-0.2, -0.15) is 4.98 Å². The highest BCUT2D eigenvalue weighted by Gasteiger charge is 2.12. The van der Waals surface area contributed by atoms with Gasteiger partial charge in [-0.3, -0.25) is 9.78 Å². The first-order valence-electron chi connectivity index (χ1n) is 7.45. The van der Waals surface area contributed by atoms with Gasteiger partial charge in [0.25, 0.3) is 5.91 Å². The van der Waals surface area contributed by atoms with Crippen LogP contribution in [0.2, 0.25) is 0 Å². The summed E-state index contributed by atoms with van der Waals surface area (Å²) in [6, 6.07) is 12.4. The topological polar surface area (TPSA) is 118 Å². The maximum absolute atomic E-state index is 12.0. The molecule has 25 heavy (non-hydrogen) atoms. The van der Waals surface area contributed by atoms with Crippen LogP contribution in [0.5, 0.6) is 0 Å². The summed E-state index contributed by atoms with van der Waals surface area (Å²) in [7, 11) is 0. The van der Waals surface area contributed by atoms with Gasteiger partial charge in [0.05, 0.1) is 12.1 Å². The first kappa shape index (κ1) is 16.3. The minimum atomic E-state index is -1.10. The third kappa shape index (κ3) is 4.25. The van der Waals surface area contributed by atoms with Crippen LogP contribution in [0, 0.1) is 0 Å². The summed E-state index contributed by atoms with van der Waals surface area (Å²) in [5.41, 5.74) is 1.18. The molecule has 126 valence electrons. The van der Waals surface area contributed by atoms with E-state index in [1.165, 1.54) is 12.1 Å². The number of aromatic carboxylic acids is 1. The molecule has 2 aromatic heterocycles. The Morgan fingerprint density at radius 2 is 1.92 bits per heavy atom. The predicted octanol–water partition coefficient (Wildman–Crippen LogP) is 1.68. The molecule has 3 aromatic rings. The molecule has 0 spiro atoms. The molecule has 8 nitrogen and oxygen atoms in total. The van der Waals surface area contributed by atoms with Crippen molar-refractivity contribution < 1.29 is 19.2 Å². The number of nitrogens with zero attached hydrogens (tertiary/aromatic N) is 3. The minimum Gasteiger partial charge on any atom is -0.478 e. The molecule has 0 aliphatic heterocycles. The van der Waals surface area contributed by atoms with E-state index in [0.717, 1.165) is 11.8 Å². The van der Waals surface area contributed by atoms with Crippen LogP contribution in [-0.4, -0.2) is 32.1 Å². The Hall–Kier alpha value is -3.55. The fourth-order valence-corrected chi connectivity index (χ4v) is 2.11. The number of nitrogens with one attached hydrogen (secondary N) is 1. The highest BCUT2D eigenvalue weighted by molar-refractivity contribution is 5.93. The van der Waals surface area contributed by atoms with Crippen molar-refractivity contribution in [1.29, 1.82) is 0 Å². The van der Waals surface area contributed by atoms with Crippen molar-refractivity contribution in [1.82, 2.24) is 20.4 Å². The summed E-state index contributed by atoms with van der Waals surface area (Å²) in [4.78, 5) is 30.8. The van der Waals surface area contributed by atoms with Crippen LogP contribution in [0.1, 0.15) is 38.1 Å². The van der Waals surface area contributed by atoms with Crippen molar-refractivity contribution in [3.8, 4) is 0 Å². The van der Waals surface area contributed by atoms with E-state index >= 15 is 0 Å². The molecule has 0 atom stereocenters. The lowest BCUT2D eigenvalue weighted by Crippen LogP contribution is -2.24. The Morgan fingerprint density at radius 3 is 2.60 bits per heavy atom. The zero-order valence-electron chi connectivity index (χ0n) is 13.0. The zero-order valence-corrected chi connectivity index (χ0v) is 13.0. The van der Waals surface area contributed by atoms with Gasteiger partial charge in [-0.15, -0.1) is 0 Å². The molecule has 3 rings (SSSR count). The first-order valence-corrected chi connectivity index (χ1v) is 7.45. The third-order valence-corrected chi connectivity index (χ3v) is 3.36. The van der Waals surface area contributed by atoms with Gasteiger partial charge >= 0.3 is 5.97 Å². The SMILES string of the molecule is O=C(O)c1ccc(C(=O)NCc2nc(Cc3ccccc3)no2)nc1. The zero-order chi connectivity index (χ0) is 17.6. The lowest BCUT2D eigenvalue weighted by atomic mass is 10.1. The van der Waals surface area contributed by atoms with Crippen LogP contribution in [0.15, 0.2) is 53.2 Å². The third-order valence-electron chi connectivity index (χ3n) is 3.36. The molecule has 0 unspecified atom stereocenters. The molecular weight excluding hydrogens is 324 g/mol. The van der Waals surface area contributed by atoms with E-state index in [9.17, 15) is 9.59 Å². The van der Waals surface area contributed by atoms with Crippen LogP contribution in [0.4, 0.5) is 0 Å². The second-order valence-corrected chi connectivity index (χ2v) is 5.19. The molecule has 2 heterocycles. The Morgan fingerprint density at radius 1 is 1.12 bits per heavy atom. The average Bonchev–Trinajstić information content (AvgIpc) is 3.08. The predicted molar refractivity (Wildman–Crippen MR) is 85.9 cm³/mol. The average molecular weight is 338 g/mol. The number of carboxylic acids is 1. The van der Waals surface area contributed by atoms with E-state index in [1.807, 2.05) is 30.3 Å². The number of aromatic nitrogens is 3. The van der Waals surface area contributed by atoms with Gasteiger partial charge in [0.1, 0.15) is 5.69 Å². The summed E-state index contributed by atoms with van der Waals surface area (Å²) in [6.07, 6.45) is 1.67. The largest absolute Gasteiger partial charge is 0.478 e. The molecule has 2 N–H and O–H groups in total. The molecular formula is C17H14N4O4. The van der Waals surface area contributed by atoms with Crippen molar-refractivity contribution in [2.45, 2.75) is 13.0 Å². The van der Waals surface area contributed by atoms with E-state index in [2.05, 4.69) is 20.4 Å². The Bertz CT molecular complexity index is 875. The van der Waals surface area contributed by atoms with Gasteiger partial charge < -0.3 is 14.9 Å². The second-order valence-electron chi connectivity index (χ2n) is 5.19. The van der Waals surface area contributed by atoms with E-state index < -0.39 is 11.9 Å². The number of benzene rings is 1. The fourth-order valence-electron chi connectivity index (χ4n) is 2.11. The molecule has 0 saturated heterocycles. The normalized spacial score (nSPS) is 10.4. The number of hydrogen-bond acceptors (Lipinski definition) is 6. The number of carbonyl (C=O) groups excluding carboxylic acids is 1. The Balaban J connectivity index is 1.56. The van der Waals surface area contributed by atoms with E-state index in [1.54, 1.807) is 0 Å². The van der Waals surface area contributed by atoms with Crippen molar-refractivity contribution in [3.63, 3.8) is 0 Å². The summed E-state index contributed by atoms with van der Waals surface area (Å²) in [6.45, 7) is 0.0585. The van der Waals surface area contributed by atoms with Crippen LogP contribution in [0.3, 0.4) is 0 Å². The van der Waals surface area contributed by atoms with E-state index in [-0.39, 0.29) is 23.7 Å². The molecule has 1 aromatic carbocycles. The van der Waals surface area contributed by atoms with Crippen molar-refractivity contribution in [3.05, 3.63) is 77.2 Å². The molecule has 0 aliphatic carbocycles. The first-order chi connectivity index (χ1) is 12.1. The monoisotopic (exact) mass is 338 g/mol. The lowest BCUT2D eigenvalue weighted by molar-refractivity contribution is 0.0695. The number of amides is 1. The van der Waals surface area contributed by atoms with Crippen molar-refractivity contribution in [2.75, 3.05) is 0 Å². The van der Waals surface area contributed by atoms with Gasteiger partial charge in [-0.25, -0.2) is 4.79 Å². The number of carboxylic acid groups (broad SMARTS) is 1. The van der Waals surface area contributed by atoms with Gasteiger partial charge in [-0.05, 0) is 17.7 Å². The number of hydrogen-bond donors (Lipinski definition) is 2. The summed E-state index contributed by atoms with van der Waals surface area (Å²) < 4.78 is 5.10.